The number of carbonyl (C=O) groups is 1. The molecular weight excluding hydrogens is 260 g/mol. The monoisotopic (exact) mass is 275 g/mol. The Bertz CT molecular complexity index is 435. The van der Waals surface area contributed by atoms with Crippen molar-refractivity contribution in [1.29, 1.82) is 0 Å². The summed E-state index contributed by atoms with van der Waals surface area (Å²) in [6.45, 7) is 1.21. The van der Waals surface area contributed by atoms with Gasteiger partial charge in [0, 0.05) is 13.5 Å². The molecule has 0 saturated carbocycles. The normalized spacial score (nSPS) is 13.9. The van der Waals surface area contributed by atoms with Gasteiger partial charge in [-0.2, -0.15) is 0 Å². The molecule has 1 aromatic rings. The molecule has 19 heavy (non-hydrogen) atoms. The Morgan fingerprint density at radius 1 is 1.37 bits per heavy atom. The average molecular weight is 275 g/mol. The van der Waals surface area contributed by atoms with Gasteiger partial charge in [0.05, 0.1) is 5.56 Å². The molecule has 0 heterocycles. The minimum Gasteiger partial charge on any atom is -0.412 e. The Hall–Kier alpha value is -1.73. The Balaban J connectivity index is 3.31. The molecule has 5 nitrogen and oxygen atoms in total. The second-order valence-electron chi connectivity index (χ2n) is 3.68. The van der Waals surface area contributed by atoms with Crippen molar-refractivity contribution in [2.24, 2.45) is 5.73 Å². The quantitative estimate of drug-likeness (QED) is 0.808. The molecule has 0 aliphatic heterocycles. The van der Waals surface area contributed by atoms with Crippen molar-refractivity contribution in [2.75, 3.05) is 13.9 Å². The Morgan fingerprint density at radius 3 is 2.37 bits per heavy atom. The number of hydrogen-bond acceptors (Lipinski definition) is 4. The van der Waals surface area contributed by atoms with Gasteiger partial charge in [-0.25, -0.2) is 13.6 Å². The molecular formula is C12H15F2NO4. The largest absolute Gasteiger partial charge is 0.412 e. The number of amides is 1. The predicted molar refractivity (Wildman–Crippen MR) is 62.0 cm³/mol. The van der Waals surface area contributed by atoms with E-state index in [9.17, 15) is 13.6 Å². The van der Waals surface area contributed by atoms with Gasteiger partial charge >= 0.3 is 6.09 Å². The van der Waals surface area contributed by atoms with Crippen molar-refractivity contribution in [3.8, 4) is 0 Å². The smallest absolute Gasteiger partial charge is 0.407 e. The second kappa shape index (κ2) is 6.44. The second-order valence-corrected chi connectivity index (χ2v) is 3.68. The average Bonchev–Trinajstić information content (AvgIpc) is 2.34. The van der Waals surface area contributed by atoms with E-state index < -0.39 is 29.1 Å². The van der Waals surface area contributed by atoms with E-state index in [4.69, 9.17) is 15.2 Å². The zero-order valence-corrected chi connectivity index (χ0v) is 10.6. The highest BCUT2D eigenvalue weighted by Gasteiger charge is 2.40. The summed E-state index contributed by atoms with van der Waals surface area (Å²) in [5, 5.41) is 0. The molecule has 1 aromatic carbocycles. The number of hydrogen-bond donors (Lipinski definition) is 1. The van der Waals surface area contributed by atoms with E-state index in [0.29, 0.717) is 0 Å². The summed E-state index contributed by atoms with van der Waals surface area (Å²) in [5.74, 6) is -3.77. The number of rotatable bonds is 6. The third-order valence-electron chi connectivity index (χ3n) is 2.48. The van der Waals surface area contributed by atoms with Crippen molar-refractivity contribution in [1.82, 2.24) is 0 Å². The first-order valence-corrected chi connectivity index (χ1v) is 5.52. The Kier molecular flexibility index (Phi) is 5.20. The van der Waals surface area contributed by atoms with Crippen molar-refractivity contribution in [2.45, 2.75) is 19.1 Å². The van der Waals surface area contributed by atoms with Gasteiger partial charge in [-0.15, -0.1) is 0 Å². The summed E-state index contributed by atoms with van der Waals surface area (Å²) in [4.78, 5) is 11.0. The molecule has 106 valence electrons. The topological polar surface area (TPSA) is 70.8 Å². The lowest BCUT2D eigenvalue weighted by Gasteiger charge is -2.32. The standard InChI is InChI=1S/C12H15F2NO4/c1-3-12(18-7-17-2,19-11(15)16)10-8(13)5-4-6-9(10)14/h4-6H,3,7H2,1-2H3,(H2,15,16)/t12-/m0/s1. The van der Waals surface area contributed by atoms with Gasteiger partial charge in [0.1, 0.15) is 11.6 Å². The maximum absolute atomic E-state index is 13.8. The van der Waals surface area contributed by atoms with Gasteiger partial charge < -0.3 is 19.9 Å². The molecule has 0 spiro atoms. The van der Waals surface area contributed by atoms with Crippen LogP contribution in [0.4, 0.5) is 13.6 Å². The van der Waals surface area contributed by atoms with Gasteiger partial charge in [-0.1, -0.05) is 13.0 Å². The molecule has 0 aliphatic carbocycles. The maximum Gasteiger partial charge on any atom is 0.407 e. The highest BCUT2D eigenvalue weighted by Crippen LogP contribution is 2.34. The number of ether oxygens (including phenoxy) is 3. The molecule has 0 fully saturated rings. The van der Waals surface area contributed by atoms with Crippen LogP contribution in [0.5, 0.6) is 0 Å². The SMILES string of the molecule is CC[C@](OCOC)(OC(N)=O)c1c(F)cccc1F. The molecule has 1 atom stereocenters. The third-order valence-corrected chi connectivity index (χ3v) is 2.48. The molecule has 1 rings (SSSR count). The highest BCUT2D eigenvalue weighted by atomic mass is 19.1. The molecule has 1 amide bonds. The molecule has 7 heteroatoms. The Morgan fingerprint density at radius 2 is 1.95 bits per heavy atom. The van der Waals surface area contributed by atoms with Crippen molar-refractivity contribution in [3.05, 3.63) is 35.4 Å². The molecule has 0 saturated heterocycles. The summed E-state index contributed by atoms with van der Waals surface area (Å²) >= 11 is 0. The number of methoxy groups -OCH3 is 1. The van der Waals surface area contributed by atoms with Crippen molar-refractivity contribution >= 4 is 6.09 Å². The van der Waals surface area contributed by atoms with Crippen LogP contribution in [0.3, 0.4) is 0 Å². The molecule has 0 unspecified atom stereocenters. The first-order valence-electron chi connectivity index (χ1n) is 5.52. The first kappa shape index (κ1) is 15.3. The van der Waals surface area contributed by atoms with Crippen LogP contribution in [0, 0.1) is 11.6 Å². The van der Waals surface area contributed by atoms with E-state index >= 15 is 0 Å². The summed E-state index contributed by atoms with van der Waals surface area (Å²) < 4.78 is 42.3. The van der Waals surface area contributed by atoms with Gasteiger partial charge in [0.25, 0.3) is 0 Å². The molecule has 2 N–H and O–H groups in total. The van der Waals surface area contributed by atoms with Crippen LogP contribution in [-0.2, 0) is 20.0 Å². The van der Waals surface area contributed by atoms with Crippen LogP contribution in [0.1, 0.15) is 18.9 Å². The number of carbonyl (C=O) groups excluding carboxylic acids is 1. The lowest BCUT2D eigenvalue weighted by molar-refractivity contribution is -0.252. The van der Waals surface area contributed by atoms with Crippen molar-refractivity contribution in [3.63, 3.8) is 0 Å². The summed E-state index contributed by atoms with van der Waals surface area (Å²) in [6.07, 6.45) is -1.25. The van der Waals surface area contributed by atoms with Gasteiger partial charge in [-0.05, 0) is 12.1 Å². The van der Waals surface area contributed by atoms with E-state index in [1.807, 2.05) is 0 Å². The number of primary amides is 1. The Labute approximate surface area is 109 Å². The minimum atomic E-state index is -1.96. The summed E-state index contributed by atoms with van der Waals surface area (Å²) in [7, 11) is 1.32. The van der Waals surface area contributed by atoms with Gasteiger partial charge in [0.2, 0.25) is 5.79 Å². The number of benzene rings is 1. The van der Waals surface area contributed by atoms with Gasteiger partial charge in [0.15, 0.2) is 6.79 Å². The van der Waals surface area contributed by atoms with Crippen LogP contribution in [0.15, 0.2) is 18.2 Å². The van der Waals surface area contributed by atoms with Crippen LogP contribution >= 0.6 is 0 Å². The predicted octanol–water partition coefficient (Wildman–Crippen LogP) is 2.24. The van der Waals surface area contributed by atoms with Gasteiger partial charge in [-0.3, -0.25) is 0 Å². The van der Waals surface area contributed by atoms with Crippen LogP contribution in [0.2, 0.25) is 0 Å². The van der Waals surface area contributed by atoms with Crippen molar-refractivity contribution < 1.29 is 27.8 Å². The zero-order valence-electron chi connectivity index (χ0n) is 10.6. The lowest BCUT2D eigenvalue weighted by atomic mass is 10.0. The minimum absolute atomic E-state index is 0.0445. The lowest BCUT2D eigenvalue weighted by Crippen LogP contribution is -2.39. The van der Waals surface area contributed by atoms with Crippen LogP contribution in [0.25, 0.3) is 0 Å². The van der Waals surface area contributed by atoms with E-state index in [0.717, 1.165) is 12.1 Å². The molecule has 0 aliphatic rings. The van der Waals surface area contributed by atoms with E-state index in [2.05, 4.69) is 4.74 Å². The highest BCUT2D eigenvalue weighted by molar-refractivity contribution is 5.65. The number of nitrogens with two attached hydrogens (primary N) is 1. The van der Waals surface area contributed by atoms with Crippen LogP contribution in [-0.4, -0.2) is 20.0 Å². The molecule has 0 bridgehead atoms. The summed E-state index contributed by atoms with van der Waals surface area (Å²) in [5.41, 5.74) is 4.42. The van der Waals surface area contributed by atoms with E-state index in [1.165, 1.54) is 20.1 Å². The molecule has 0 aromatic heterocycles. The van der Waals surface area contributed by atoms with Crippen LogP contribution < -0.4 is 5.73 Å². The molecule has 0 radical (unpaired) electrons. The fraction of sp³-hybridized carbons (Fsp3) is 0.417. The fourth-order valence-electron chi connectivity index (χ4n) is 1.68. The van der Waals surface area contributed by atoms with E-state index in [1.54, 1.807) is 0 Å². The first-order chi connectivity index (χ1) is 8.96. The zero-order chi connectivity index (χ0) is 14.5. The summed E-state index contributed by atoms with van der Waals surface area (Å²) in [6, 6.07) is 3.25. The number of halogens is 2. The fourth-order valence-corrected chi connectivity index (χ4v) is 1.68. The van der Waals surface area contributed by atoms with E-state index in [-0.39, 0.29) is 13.2 Å². The third kappa shape index (κ3) is 3.39. The maximum atomic E-state index is 13.8.